The second-order valence-corrected chi connectivity index (χ2v) is 7.11. The fraction of sp³-hybridized carbons (Fsp3) is 0.273. The van der Waals surface area contributed by atoms with E-state index in [1.54, 1.807) is 13.3 Å². The molecule has 2 aromatic carbocycles. The molecular weight excluding hydrogens is 368 g/mol. The first-order chi connectivity index (χ1) is 13.6. The Morgan fingerprint density at radius 3 is 2.71 bits per heavy atom. The van der Waals surface area contributed by atoms with Crippen LogP contribution in [0.25, 0.3) is 0 Å². The Morgan fingerprint density at radius 1 is 1.21 bits per heavy atom. The van der Waals surface area contributed by atoms with E-state index in [9.17, 15) is 0 Å². The molecule has 3 rings (SSSR count). The van der Waals surface area contributed by atoms with E-state index < -0.39 is 0 Å². The van der Waals surface area contributed by atoms with E-state index in [0.717, 1.165) is 42.6 Å². The maximum absolute atomic E-state index is 5.73. The van der Waals surface area contributed by atoms with Gasteiger partial charge in [-0.3, -0.25) is 0 Å². The van der Waals surface area contributed by atoms with Crippen LogP contribution in [0.1, 0.15) is 17.5 Å². The lowest BCUT2D eigenvalue weighted by atomic mass is 10.2. The lowest BCUT2D eigenvalue weighted by molar-refractivity contribution is 0.394. The number of thiocarbonyl (C=S) groups is 1. The fourth-order valence-corrected chi connectivity index (χ4v) is 3.27. The van der Waals surface area contributed by atoms with E-state index in [-0.39, 0.29) is 0 Å². The van der Waals surface area contributed by atoms with Crippen LogP contribution in [0.5, 0.6) is 5.75 Å². The van der Waals surface area contributed by atoms with Crippen LogP contribution < -0.4 is 10.1 Å². The number of nitrogens with zero attached hydrogens (tertiary/aromatic N) is 3. The van der Waals surface area contributed by atoms with Crippen LogP contribution in [0, 0.1) is 6.92 Å². The number of methoxy groups -OCH3 is 1. The molecule has 0 saturated carbocycles. The van der Waals surface area contributed by atoms with Gasteiger partial charge in [-0.25, -0.2) is 4.98 Å². The molecule has 28 heavy (non-hydrogen) atoms. The molecule has 0 aliphatic heterocycles. The summed E-state index contributed by atoms with van der Waals surface area (Å²) in [5.74, 6) is 0.857. The van der Waals surface area contributed by atoms with Gasteiger partial charge in [-0.1, -0.05) is 24.3 Å². The smallest absolute Gasteiger partial charge is 0.173 e. The summed E-state index contributed by atoms with van der Waals surface area (Å²) in [4.78, 5) is 6.31. The maximum Gasteiger partial charge on any atom is 0.173 e. The summed E-state index contributed by atoms with van der Waals surface area (Å²) in [6, 6.07) is 16.4. The van der Waals surface area contributed by atoms with Crippen LogP contribution in [-0.4, -0.2) is 33.2 Å². The third kappa shape index (κ3) is 5.82. The molecule has 0 amide bonds. The quantitative estimate of drug-likeness (QED) is 0.570. The molecular formula is C22H26N4OS. The molecule has 0 bridgehead atoms. The molecule has 1 aromatic heterocycles. The molecule has 146 valence electrons. The Kier molecular flexibility index (Phi) is 7.03. The number of hydrogen-bond acceptors (Lipinski definition) is 3. The number of imidazole rings is 1. The van der Waals surface area contributed by atoms with Gasteiger partial charge in [0.2, 0.25) is 0 Å². The first-order valence-corrected chi connectivity index (χ1v) is 9.76. The highest BCUT2D eigenvalue weighted by Crippen LogP contribution is 2.16. The zero-order chi connectivity index (χ0) is 19.8. The maximum atomic E-state index is 5.73. The van der Waals surface area contributed by atoms with E-state index >= 15 is 0 Å². The standard InChI is InChI=1S/C22H26N4OS/c1-18-5-3-6-20(15-18)24-22(28)26(13-4-12-25-14-11-23-17-25)16-19-7-9-21(27-2)10-8-19/h3,5-11,14-15,17H,4,12-13,16H2,1-2H3,(H,24,28). The molecule has 0 aliphatic rings. The van der Waals surface area contributed by atoms with Crippen molar-refractivity contribution in [1.29, 1.82) is 0 Å². The number of anilines is 1. The monoisotopic (exact) mass is 394 g/mol. The highest BCUT2D eigenvalue weighted by atomic mass is 32.1. The molecule has 0 unspecified atom stereocenters. The zero-order valence-corrected chi connectivity index (χ0v) is 17.2. The molecule has 0 spiro atoms. The Hall–Kier alpha value is -2.86. The zero-order valence-electron chi connectivity index (χ0n) is 16.3. The highest BCUT2D eigenvalue weighted by Gasteiger charge is 2.11. The summed E-state index contributed by atoms with van der Waals surface area (Å²) in [6.45, 7) is 4.58. The van der Waals surface area contributed by atoms with E-state index in [4.69, 9.17) is 17.0 Å². The van der Waals surface area contributed by atoms with Gasteiger partial charge in [0.05, 0.1) is 13.4 Å². The van der Waals surface area contributed by atoms with Crippen molar-refractivity contribution in [3.63, 3.8) is 0 Å². The van der Waals surface area contributed by atoms with Crippen molar-refractivity contribution in [2.45, 2.75) is 26.4 Å². The van der Waals surface area contributed by atoms with E-state index in [1.807, 2.05) is 36.8 Å². The summed E-state index contributed by atoms with van der Waals surface area (Å²) in [5.41, 5.74) is 3.41. The Balaban J connectivity index is 1.67. The van der Waals surface area contributed by atoms with Crippen LogP contribution in [0.15, 0.2) is 67.3 Å². The Bertz CT molecular complexity index is 878. The van der Waals surface area contributed by atoms with Gasteiger partial charge in [0, 0.05) is 37.7 Å². The molecule has 5 nitrogen and oxygen atoms in total. The van der Waals surface area contributed by atoms with Crippen LogP contribution in [0.4, 0.5) is 5.69 Å². The van der Waals surface area contributed by atoms with Crippen LogP contribution in [-0.2, 0) is 13.1 Å². The number of rotatable bonds is 8. The van der Waals surface area contributed by atoms with Gasteiger partial charge >= 0.3 is 0 Å². The van der Waals surface area contributed by atoms with Crippen molar-refractivity contribution in [3.8, 4) is 5.75 Å². The van der Waals surface area contributed by atoms with E-state index in [1.165, 1.54) is 11.1 Å². The minimum atomic E-state index is 0.729. The molecule has 1 heterocycles. The highest BCUT2D eigenvalue weighted by molar-refractivity contribution is 7.80. The topological polar surface area (TPSA) is 42.3 Å². The number of benzene rings is 2. The molecule has 0 saturated heterocycles. The molecule has 1 N–H and O–H groups in total. The minimum absolute atomic E-state index is 0.729. The lowest BCUT2D eigenvalue weighted by Gasteiger charge is -2.26. The minimum Gasteiger partial charge on any atom is -0.497 e. The molecule has 0 fully saturated rings. The van der Waals surface area contributed by atoms with E-state index in [2.05, 4.69) is 51.0 Å². The average molecular weight is 395 g/mol. The summed E-state index contributed by atoms with van der Waals surface area (Å²) in [6.07, 6.45) is 6.61. The summed E-state index contributed by atoms with van der Waals surface area (Å²) in [5, 5.41) is 4.11. The van der Waals surface area contributed by atoms with Crippen molar-refractivity contribution in [1.82, 2.24) is 14.5 Å². The van der Waals surface area contributed by atoms with Crippen molar-refractivity contribution in [3.05, 3.63) is 78.4 Å². The SMILES string of the molecule is COc1ccc(CN(CCCn2ccnc2)C(=S)Nc2cccc(C)c2)cc1. The largest absolute Gasteiger partial charge is 0.497 e. The van der Waals surface area contributed by atoms with Gasteiger partial charge in [0.15, 0.2) is 5.11 Å². The number of aryl methyl sites for hydroxylation is 2. The molecule has 0 radical (unpaired) electrons. The van der Waals surface area contributed by atoms with Crippen molar-refractivity contribution >= 4 is 23.0 Å². The fourth-order valence-electron chi connectivity index (χ4n) is 2.99. The van der Waals surface area contributed by atoms with E-state index in [0.29, 0.717) is 0 Å². The number of nitrogens with one attached hydrogen (secondary N) is 1. The Morgan fingerprint density at radius 2 is 2.04 bits per heavy atom. The predicted molar refractivity (Wildman–Crippen MR) is 118 cm³/mol. The van der Waals surface area contributed by atoms with Crippen molar-refractivity contribution in [2.24, 2.45) is 0 Å². The number of hydrogen-bond donors (Lipinski definition) is 1. The van der Waals surface area contributed by atoms with Crippen LogP contribution >= 0.6 is 12.2 Å². The third-order valence-electron chi connectivity index (χ3n) is 4.49. The van der Waals surface area contributed by atoms with Gasteiger partial charge in [-0.2, -0.15) is 0 Å². The summed E-state index contributed by atoms with van der Waals surface area (Å²) in [7, 11) is 1.68. The van der Waals surface area contributed by atoms with Gasteiger partial charge in [-0.15, -0.1) is 0 Å². The summed E-state index contributed by atoms with van der Waals surface area (Å²) < 4.78 is 7.34. The van der Waals surface area contributed by atoms with Gasteiger partial charge in [-0.05, 0) is 61.0 Å². The number of ether oxygens (including phenoxy) is 1. The van der Waals surface area contributed by atoms with Crippen LogP contribution in [0.2, 0.25) is 0 Å². The van der Waals surface area contributed by atoms with Crippen molar-refractivity contribution < 1.29 is 4.74 Å². The average Bonchev–Trinajstić information content (AvgIpc) is 3.21. The van der Waals surface area contributed by atoms with Crippen molar-refractivity contribution in [2.75, 3.05) is 19.0 Å². The molecule has 0 atom stereocenters. The first-order valence-electron chi connectivity index (χ1n) is 9.35. The van der Waals surface area contributed by atoms with Crippen LogP contribution in [0.3, 0.4) is 0 Å². The molecule has 3 aromatic rings. The molecule has 0 aliphatic carbocycles. The van der Waals surface area contributed by atoms with Gasteiger partial charge in [0.1, 0.15) is 5.75 Å². The Labute approximate surface area is 172 Å². The summed E-state index contributed by atoms with van der Waals surface area (Å²) >= 11 is 5.73. The second-order valence-electron chi connectivity index (χ2n) is 6.72. The van der Waals surface area contributed by atoms with Gasteiger partial charge < -0.3 is 19.5 Å². The van der Waals surface area contributed by atoms with Gasteiger partial charge in [0.25, 0.3) is 0 Å². The third-order valence-corrected chi connectivity index (χ3v) is 4.85. The normalized spacial score (nSPS) is 10.5. The first kappa shape index (κ1) is 19.9. The number of aromatic nitrogens is 2. The lowest BCUT2D eigenvalue weighted by Crippen LogP contribution is -2.35. The second kappa shape index (κ2) is 9.90. The molecule has 6 heteroatoms. The predicted octanol–water partition coefficient (Wildman–Crippen LogP) is 4.49.